The van der Waals surface area contributed by atoms with E-state index in [1.54, 1.807) is 15.6 Å². The Morgan fingerprint density at radius 2 is 2.40 bits per heavy atom. The fraction of sp³-hybridized carbons (Fsp3) is 0.333. The van der Waals surface area contributed by atoms with Crippen LogP contribution in [-0.4, -0.2) is 25.5 Å². The van der Waals surface area contributed by atoms with Crippen molar-refractivity contribution >= 4 is 17.1 Å². The Hall–Kier alpha value is -1.56. The topological polar surface area (TPSA) is 60.7 Å². The summed E-state index contributed by atoms with van der Waals surface area (Å²) in [6.45, 7) is 2.69. The molecule has 0 saturated heterocycles. The minimum atomic E-state index is -0.0149. The molecule has 0 fully saturated rings. The highest BCUT2D eigenvalue weighted by atomic mass is 32.1. The van der Waals surface area contributed by atoms with Gasteiger partial charge in [0, 0.05) is 11.9 Å². The molecule has 0 radical (unpaired) electrons. The Labute approximate surface area is 90.8 Å². The minimum Gasteiger partial charge on any atom is -0.292 e. The van der Waals surface area contributed by atoms with Crippen LogP contribution in [0.5, 0.6) is 0 Å². The lowest BCUT2D eigenvalue weighted by molar-refractivity contribution is 0.0985. The van der Waals surface area contributed by atoms with Gasteiger partial charge in [-0.15, -0.1) is 11.3 Å². The van der Waals surface area contributed by atoms with Crippen LogP contribution in [0.4, 0.5) is 0 Å². The van der Waals surface area contributed by atoms with Crippen molar-refractivity contribution in [1.29, 1.82) is 0 Å². The molecule has 2 rings (SSSR count). The second kappa shape index (κ2) is 4.31. The van der Waals surface area contributed by atoms with Crippen LogP contribution < -0.4 is 0 Å². The number of thiazole rings is 1. The number of nitrogens with zero attached hydrogens (tertiary/aromatic N) is 4. The van der Waals surface area contributed by atoms with Gasteiger partial charge in [-0.25, -0.2) is 14.6 Å². The predicted molar refractivity (Wildman–Crippen MR) is 55.8 cm³/mol. The Morgan fingerprint density at radius 1 is 1.53 bits per heavy atom. The number of aryl methyl sites for hydroxylation is 1. The fourth-order valence-electron chi connectivity index (χ4n) is 1.27. The first kappa shape index (κ1) is 9.97. The first-order valence-electron chi connectivity index (χ1n) is 4.59. The third-order valence-electron chi connectivity index (χ3n) is 2.03. The largest absolute Gasteiger partial charge is 0.292 e. The summed E-state index contributed by atoms with van der Waals surface area (Å²) in [5.41, 5.74) is 2.16. The van der Waals surface area contributed by atoms with E-state index in [0.717, 1.165) is 6.54 Å². The lowest BCUT2D eigenvalue weighted by Crippen LogP contribution is -2.10. The van der Waals surface area contributed by atoms with Crippen molar-refractivity contribution < 1.29 is 4.79 Å². The molecule has 0 bridgehead atoms. The molecular formula is C9H10N4OS. The number of carbonyl (C=O) groups is 1. The zero-order chi connectivity index (χ0) is 10.7. The van der Waals surface area contributed by atoms with Crippen molar-refractivity contribution in [2.45, 2.75) is 19.9 Å². The molecule has 0 saturated carbocycles. The minimum absolute atomic E-state index is 0.0149. The van der Waals surface area contributed by atoms with Crippen LogP contribution in [0, 0.1) is 0 Å². The molecule has 2 aromatic heterocycles. The van der Waals surface area contributed by atoms with Crippen molar-refractivity contribution in [3.05, 3.63) is 28.7 Å². The van der Waals surface area contributed by atoms with Gasteiger partial charge in [-0.1, -0.05) is 0 Å². The van der Waals surface area contributed by atoms with Gasteiger partial charge in [0.25, 0.3) is 0 Å². The molecule has 0 spiro atoms. The van der Waals surface area contributed by atoms with Crippen LogP contribution in [0.3, 0.4) is 0 Å². The van der Waals surface area contributed by atoms with E-state index >= 15 is 0 Å². The van der Waals surface area contributed by atoms with Crippen LogP contribution >= 0.6 is 11.3 Å². The summed E-state index contributed by atoms with van der Waals surface area (Å²) < 4.78 is 1.71. The van der Waals surface area contributed by atoms with Gasteiger partial charge in [0.05, 0.1) is 11.9 Å². The molecule has 0 N–H and O–H groups in total. The molecule has 78 valence electrons. The molecule has 0 amide bonds. The van der Waals surface area contributed by atoms with Crippen molar-refractivity contribution in [2.24, 2.45) is 0 Å². The number of hydrogen-bond donors (Lipinski definition) is 0. The van der Waals surface area contributed by atoms with E-state index < -0.39 is 0 Å². The summed E-state index contributed by atoms with van der Waals surface area (Å²) in [6, 6.07) is 0. The first-order valence-corrected chi connectivity index (χ1v) is 5.53. The van der Waals surface area contributed by atoms with Gasteiger partial charge >= 0.3 is 0 Å². The maximum absolute atomic E-state index is 11.7. The van der Waals surface area contributed by atoms with E-state index in [2.05, 4.69) is 15.1 Å². The molecule has 0 aliphatic heterocycles. The number of ketones is 1. The zero-order valence-corrected chi connectivity index (χ0v) is 9.07. The number of carbonyl (C=O) groups excluding carboxylic acids is 1. The van der Waals surface area contributed by atoms with Crippen molar-refractivity contribution in [2.75, 3.05) is 0 Å². The number of Topliss-reactive ketones (excluding diaryl/α,β-unsaturated/α-hetero) is 1. The van der Waals surface area contributed by atoms with E-state index in [4.69, 9.17) is 0 Å². The average molecular weight is 222 g/mol. The maximum Gasteiger partial charge on any atom is 0.189 e. The molecule has 0 atom stereocenters. The molecule has 0 aromatic carbocycles. The fourth-order valence-corrected chi connectivity index (χ4v) is 1.83. The van der Waals surface area contributed by atoms with Crippen molar-refractivity contribution in [1.82, 2.24) is 19.7 Å². The van der Waals surface area contributed by atoms with Crippen LogP contribution in [0.25, 0.3) is 0 Å². The maximum atomic E-state index is 11.7. The van der Waals surface area contributed by atoms with Gasteiger partial charge in [-0.05, 0) is 6.92 Å². The predicted octanol–water partition coefficient (Wildman–Crippen LogP) is 1.18. The van der Waals surface area contributed by atoms with Crippen LogP contribution in [0.1, 0.15) is 23.2 Å². The summed E-state index contributed by atoms with van der Waals surface area (Å²) >= 11 is 1.42. The van der Waals surface area contributed by atoms with Gasteiger partial charge in [0.2, 0.25) is 0 Å². The number of rotatable bonds is 4. The Bertz CT molecular complexity index is 448. The van der Waals surface area contributed by atoms with E-state index in [-0.39, 0.29) is 12.2 Å². The van der Waals surface area contributed by atoms with Gasteiger partial charge < -0.3 is 0 Å². The highest BCUT2D eigenvalue weighted by molar-refractivity contribution is 7.07. The molecule has 5 nitrogen and oxygen atoms in total. The van der Waals surface area contributed by atoms with E-state index in [1.165, 1.54) is 17.7 Å². The molecule has 2 aromatic rings. The summed E-state index contributed by atoms with van der Waals surface area (Å²) in [7, 11) is 0. The SMILES string of the molecule is CCn1ncnc1CC(=O)c1cscn1. The van der Waals surface area contributed by atoms with Gasteiger partial charge in [0.15, 0.2) is 5.78 Å². The van der Waals surface area contributed by atoms with Crippen LogP contribution in [-0.2, 0) is 13.0 Å². The third-order valence-corrected chi connectivity index (χ3v) is 2.62. The molecule has 6 heteroatoms. The van der Waals surface area contributed by atoms with E-state index in [0.29, 0.717) is 11.5 Å². The second-order valence-electron chi connectivity index (χ2n) is 2.97. The van der Waals surface area contributed by atoms with Crippen molar-refractivity contribution in [3.63, 3.8) is 0 Å². The molecule has 2 heterocycles. The molecule has 0 aliphatic rings. The standard InChI is InChI=1S/C9H10N4OS/c1-2-13-9(10-5-12-13)3-8(14)7-4-15-6-11-7/h4-6H,2-3H2,1H3. The summed E-state index contributed by atoms with van der Waals surface area (Å²) in [4.78, 5) is 19.7. The summed E-state index contributed by atoms with van der Waals surface area (Å²) in [5.74, 6) is 0.675. The quantitative estimate of drug-likeness (QED) is 0.729. The van der Waals surface area contributed by atoms with Gasteiger partial charge in [-0.2, -0.15) is 5.10 Å². The Balaban J connectivity index is 2.13. The smallest absolute Gasteiger partial charge is 0.189 e. The van der Waals surface area contributed by atoms with E-state index in [9.17, 15) is 4.79 Å². The number of aromatic nitrogens is 4. The normalized spacial score (nSPS) is 10.5. The van der Waals surface area contributed by atoms with Gasteiger partial charge in [-0.3, -0.25) is 4.79 Å². The highest BCUT2D eigenvalue weighted by Crippen LogP contribution is 2.06. The highest BCUT2D eigenvalue weighted by Gasteiger charge is 2.12. The van der Waals surface area contributed by atoms with E-state index in [1.807, 2.05) is 6.92 Å². The molecule has 15 heavy (non-hydrogen) atoms. The molecule has 0 aliphatic carbocycles. The van der Waals surface area contributed by atoms with Crippen LogP contribution in [0.15, 0.2) is 17.2 Å². The van der Waals surface area contributed by atoms with Crippen molar-refractivity contribution in [3.8, 4) is 0 Å². The lowest BCUT2D eigenvalue weighted by Gasteiger charge is -2.00. The second-order valence-corrected chi connectivity index (χ2v) is 3.68. The first-order chi connectivity index (χ1) is 7.31. The Kier molecular flexibility index (Phi) is 2.86. The summed E-state index contributed by atoms with van der Waals surface area (Å²) in [6.07, 6.45) is 1.73. The monoisotopic (exact) mass is 222 g/mol. The summed E-state index contributed by atoms with van der Waals surface area (Å²) in [5, 5.41) is 5.75. The zero-order valence-electron chi connectivity index (χ0n) is 8.25. The van der Waals surface area contributed by atoms with Gasteiger partial charge in [0.1, 0.15) is 17.8 Å². The average Bonchev–Trinajstić information content (AvgIpc) is 2.87. The van der Waals surface area contributed by atoms with Crippen LogP contribution in [0.2, 0.25) is 0 Å². The third kappa shape index (κ3) is 2.10. The Morgan fingerprint density at radius 3 is 3.07 bits per heavy atom. The lowest BCUT2D eigenvalue weighted by atomic mass is 10.2. The number of hydrogen-bond acceptors (Lipinski definition) is 5. The molecule has 0 unspecified atom stereocenters. The molecular weight excluding hydrogens is 212 g/mol.